The molecule has 38 heavy (non-hydrogen) atoms. The highest BCUT2D eigenvalue weighted by molar-refractivity contribution is 7.17. The maximum absolute atomic E-state index is 13.1. The summed E-state index contributed by atoms with van der Waals surface area (Å²) in [6.45, 7) is 4.24. The van der Waals surface area contributed by atoms with Crippen LogP contribution in [0.5, 0.6) is 22.3 Å². The van der Waals surface area contributed by atoms with Crippen LogP contribution in [0.2, 0.25) is 0 Å². The molecule has 0 spiro atoms. The quantitative estimate of drug-likeness (QED) is 0.217. The van der Waals surface area contributed by atoms with Crippen molar-refractivity contribution in [2.24, 2.45) is 0 Å². The molecule has 1 N–H and O–H groups in total. The molecular formula is C28H28FN3O5S. The molecule has 4 aromatic rings. The number of pyridine rings is 1. The Labute approximate surface area is 224 Å². The second-order valence-corrected chi connectivity index (χ2v) is 9.55. The molecule has 2 atom stereocenters. The molecule has 2 aromatic heterocycles. The number of ether oxygens (including phenoxy) is 4. The molecule has 1 amide bonds. The number of methoxy groups -OCH3 is 1. The van der Waals surface area contributed by atoms with Crippen molar-refractivity contribution in [3.63, 3.8) is 0 Å². The van der Waals surface area contributed by atoms with Crippen LogP contribution in [0.25, 0.3) is 0 Å². The number of nitrogens with zero attached hydrogens (tertiary/aromatic N) is 2. The van der Waals surface area contributed by atoms with Crippen LogP contribution in [-0.2, 0) is 11.2 Å². The van der Waals surface area contributed by atoms with Gasteiger partial charge in [0, 0.05) is 25.2 Å². The summed E-state index contributed by atoms with van der Waals surface area (Å²) < 4.78 is 35.9. The Balaban J connectivity index is 1.48. The SMILES string of the molecule is COC[C@H](C)Oc1cc(O[C@@H](C)Cc2ccccc2)cc(C(=O)Nc2ncc(Oc3ccc(F)nc3)s2)c1. The van der Waals surface area contributed by atoms with Crippen molar-refractivity contribution in [2.45, 2.75) is 32.5 Å². The maximum Gasteiger partial charge on any atom is 0.257 e. The molecule has 0 aliphatic carbocycles. The Hall–Kier alpha value is -4.02. The van der Waals surface area contributed by atoms with Gasteiger partial charge in [-0.1, -0.05) is 41.7 Å². The molecule has 0 radical (unpaired) electrons. The Morgan fingerprint density at radius 3 is 2.37 bits per heavy atom. The third-order valence-electron chi connectivity index (χ3n) is 5.21. The highest BCUT2D eigenvalue weighted by Crippen LogP contribution is 2.31. The maximum atomic E-state index is 13.1. The number of amides is 1. The summed E-state index contributed by atoms with van der Waals surface area (Å²) in [7, 11) is 1.60. The molecule has 0 bridgehead atoms. The lowest BCUT2D eigenvalue weighted by Crippen LogP contribution is -2.19. The molecule has 0 unspecified atom stereocenters. The zero-order chi connectivity index (χ0) is 26.9. The fraction of sp³-hybridized carbons (Fsp3) is 0.250. The molecule has 8 nitrogen and oxygen atoms in total. The first kappa shape index (κ1) is 27.0. The van der Waals surface area contributed by atoms with Gasteiger partial charge in [-0.2, -0.15) is 4.39 Å². The van der Waals surface area contributed by atoms with Crippen molar-refractivity contribution in [1.29, 1.82) is 0 Å². The van der Waals surface area contributed by atoms with E-state index in [1.54, 1.807) is 25.3 Å². The van der Waals surface area contributed by atoms with Crippen LogP contribution in [0.3, 0.4) is 0 Å². The van der Waals surface area contributed by atoms with Gasteiger partial charge in [0.1, 0.15) is 23.4 Å². The van der Waals surface area contributed by atoms with E-state index in [2.05, 4.69) is 15.3 Å². The van der Waals surface area contributed by atoms with E-state index in [4.69, 9.17) is 18.9 Å². The Bertz CT molecular complexity index is 1330. The number of rotatable bonds is 12. The third kappa shape index (κ3) is 7.99. The lowest BCUT2D eigenvalue weighted by atomic mass is 10.1. The summed E-state index contributed by atoms with van der Waals surface area (Å²) in [6, 6.07) is 17.8. The van der Waals surface area contributed by atoms with Crippen molar-refractivity contribution in [3.05, 3.63) is 90.1 Å². The smallest absolute Gasteiger partial charge is 0.257 e. The normalized spacial score (nSPS) is 12.4. The number of carbonyl (C=O) groups excluding carboxylic acids is 1. The minimum Gasteiger partial charge on any atom is -0.490 e. The molecule has 10 heteroatoms. The van der Waals surface area contributed by atoms with Crippen LogP contribution in [0.15, 0.2) is 73.1 Å². The molecule has 2 heterocycles. The van der Waals surface area contributed by atoms with Crippen molar-refractivity contribution in [1.82, 2.24) is 9.97 Å². The predicted molar refractivity (Wildman–Crippen MR) is 143 cm³/mol. The summed E-state index contributed by atoms with van der Waals surface area (Å²) in [4.78, 5) is 20.9. The second kappa shape index (κ2) is 13.0. The third-order valence-corrected chi connectivity index (χ3v) is 6.00. The Morgan fingerprint density at radius 1 is 0.947 bits per heavy atom. The average Bonchev–Trinajstić information content (AvgIpc) is 3.32. The minimum atomic E-state index is -0.602. The second-order valence-electron chi connectivity index (χ2n) is 8.55. The molecule has 2 aromatic carbocycles. The molecule has 0 saturated carbocycles. The summed E-state index contributed by atoms with van der Waals surface area (Å²) >= 11 is 1.13. The van der Waals surface area contributed by atoms with E-state index in [0.29, 0.717) is 46.0 Å². The summed E-state index contributed by atoms with van der Waals surface area (Å²) in [6.07, 6.45) is 3.07. The number of carbonyl (C=O) groups is 1. The van der Waals surface area contributed by atoms with E-state index in [9.17, 15) is 9.18 Å². The first-order chi connectivity index (χ1) is 18.4. The average molecular weight is 538 g/mol. The standard InChI is InChI=1S/C28H28FN3O5S/c1-18(11-20-7-5-4-6-8-20)35-23-12-21(13-24(14-23)36-19(2)17-34-3)27(33)32-28-31-16-26(38-28)37-22-9-10-25(29)30-15-22/h4-10,12-16,18-19H,11,17H2,1-3H3,(H,31,32,33)/t18-,19-/m0/s1. The number of anilines is 1. The number of benzene rings is 2. The van der Waals surface area contributed by atoms with Gasteiger partial charge in [0.25, 0.3) is 5.91 Å². The van der Waals surface area contributed by atoms with E-state index < -0.39 is 5.95 Å². The van der Waals surface area contributed by atoms with Gasteiger partial charge in [-0.05, 0) is 43.7 Å². The largest absolute Gasteiger partial charge is 0.490 e. The zero-order valence-electron chi connectivity index (χ0n) is 21.2. The number of hydrogen-bond donors (Lipinski definition) is 1. The molecule has 0 aliphatic rings. The van der Waals surface area contributed by atoms with Crippen molar-refractivity contribution < 1.29 is 28.1 Å². The topological polar surface area (TPSA) is 91.8 Å². The van der Waals surface area contributed by atoms with Gasteiger partial charge < -0.3 is 18.9 Å². The summed E-state index contributed by atoms with van der Waals surface area (Å²) in [5.41, 5.74) is 1.49. The Morgan fingerprint density at radius 2 is 1.68 bits per heavy atom. The van der Waals surface area contributed by atoms with Gasteiger partial charge in [0.05, 0.1) is 25.1 Å². The van der Waals surface area contributed by atoms with Crippen LogP contribution in [0.4, 0.5) is 9.52 Å². The van der Waals surface area contributed by atoms with Crippen molar-refractivity contribution >= 4 is 22.4 Å². The molecular weight excluding hydrogens is 509 g/mol. The molecule has 0 aliphatic heterocycles. The number of nitrogens with one attached hydrogen (secondary N) is 1. The van der Waals surface area contributed by atoms with Crippen LogP contribution >= 0.6 is 11.3 Å². The fourth-order valence-electron chi connectivity index (χ4n) is 3.63. The lowest BCUT2D eigenvalue weighted by molar-refractivity contribution is 0.0913. The summed E-state index contributed by atoms with van der Waals surface area (Å²) in [5, 5.41) is 3.52. The van der Waals surface area contributed by atoms with Crippen LogP contribution in [-0.4, -0.2) is 41.8 Å². The van der Waals surface area contributed by atoms with Crippen molar-refractivity contribution in [2.75, 3.05) is 19.0 Å². The fourth-order valence-corrected chi connectivity index (χ4v) is 4.32. The number of hydrogen-bond acceptors (Lipinski definition) is 8. The first-order valence-electron chi connectivity index (χ1n) is 12.0. The van der Waals surface area contributed by atoms with E-state index in [0.717, 1.165) is 16.9 Å². The first-order valence-corrected chi connectivity index (χ1v) is 12.8. The zero-order valence-corrected chi connectivity index (χ0v) is 22.0. The molecule has 0 fully saturated rings. The highest BCUT2D eigenvalue weighted by atomic mass is 32.1. The van der Waals surface area contributed by atoms with E-state index in [-0.39, 0.29) is 18.1 Å². The number of thiazole rings is 1. The van der Waals surface area contributed by atoms with Crippen molar-refractivity contribution in [3.8, 4) is 22.3 Å². The van der Waals surface area contributed by atoms with Crippen LogP contribution in [0.1, 0.15) is 29.8 Å². The van der Waals surface area contributed by atoms with Crippen LogP contribution in [0, 0.1) is 5.95 Å². The monoisotopic (exact) mass is 537 g/mol. The molecule has 4 rings (SSSR count). The van der Waals surface area contributed by atoms with Gasteiger partial charge in [-0.3, -0.25) is 10.1 Å². The minimum absolute atomic E-state index is 0.139. The number of halogens is 1. The summed E-state index contributed by atoms with van der Waals surface area (Å²) in [5.74, 6) is 0.355. The van der Waals surface area contributed by atoms with E-state index in [1.807, 2.05) is 44.2 Å². The molecule has 0 saturated heterocycles. The van der Waals surface area contributed by atoms with Gasteiger partial charge in [-0.15, -0.1) is 0 Å². The van der Waals surface area contributed by atoms with Gasteiger partial charge >= 0.3 is 0 Å². The molecule has 198 valence electrons. The predicted octanol–water partition coefficient (Wildman–Crippen LogP) is 6.15. The Kier molecular flexibility index (Phi) is 9.23. The van der Waals surface area contributed by atoms with Gasteiger partial charge in [-0.25, -0.2) is 9.97 Å². The number of aromatic nitrogens is 2. The van der Waals surface area contributed by atoms with Gasteiger partial charge in [0.15, 0.2) is 5.13 Å². The van der Waals surface area contributed by atoms with Crippen LogP contribution < -0.4 is 19.5 Å². The highest BCUT2D eigenvalue weighted by Gasteiger charge is 2.16. The van der Waals surface area contributed by atoms with Gasteiger partial charge in [0.2, 0.25) is 11.0 Å². The lowest BCUT2D eigenvalue weighted by Gasteiger charge is -2.19. The van der Waals surface area contributed by atoms with E-state index in [1.165, 1.54) is 24.5 Å². The van der Waals surface area contributed by atoms with E-state index >= 15 is 0 Å².